The maximum Gasteiger partial charge on any atom is 0.275 e. The van der Waals surface area contributed by atoms with Gasteiger partial charge in [-0.2, -0.15) is 9.61 Å². The molecule has 2 atom stereocenters. The van der Waals surface area contributed by atoms with Crippen LogP contribution in [0.5, 0.6) is 0 Å². The van der Waals surface area contributed by atoms with Gasteiger partial charge in [-0.1, -0.05) is 35.6 Å². The summed E-state index contributed by atoms with van der Waals surface area (Å²) >= 11 is 1.55. The van der Waals surface area contributed by atoms with Crippen LogP contribution < -0.4 is 5.56 Å². The van der Waals surface area contributed by atoms with Gasteiger partial charge in [0.2, 0.25) is 4.96 Å². The van der Waals surface area contributed by atoms with Crippen molar-refractivity contribution in [2.24, 2.45) is 0 Å². The first-order valence-corrected chi connectivity index (χ1v) is 10.7. The lowest BCUT2D eigenvalue weighted by Gasteiger charge is -2.35. The van der Waals surface area contributed by atoms with Gasteiger partial charge >= 0.3 is 0 Å². The minimum Gasteiger partial charge on any atom is -0.293 e. The zero-order chi connectivity index (χ0) is 18.4. The molecule has 140 valence electrons. The molecule has 2 unspecified atom stereocenters. The molecule has 0 bridgehead atoms. The number of aromatic nitrogens is 3. The third-order valence-corrected chi connectivity index (χ3v) is 6.94. The Kier molecular flexibility index (Phi) is 4.32. The van der Waals surface area contributed by atoms with E-state index in [0.29, 0.717) is 16.9 Å². The number of hydrogen-bond acceptors (Lipinski definition) is 5. The number of hydrogen-bond donors (Lipinski definition) is 0. The summed E-state index contributed by atoms with van der Waals surface area (Å²) in [4.78, 5) is 19.9. The zero-order valence-electron chi connectivity index (χ0n) is 15.6. The van der Waals surface area contributed by atoms with E-state index in [-0.39, 0.29) is 5.56 Å². The van der Waals surface area contributed by atoms with Crippen molar-refractivity contribution in [2.45, 2.75) is 57.5 Å². The summed E-state index contributed by atoms with van der Waals surface area (Å²) in [5, 5.41) is 5.55. The minimum atomic E-state index is -0.0841. The lowest BCUT2D eigenvalue weighted by Crippen LogP contribution is -2.35. The highest BCUT2D eigenvalue weighted by molar-refractivity contribution is 7.16. The van der Waals surface area contributed by atoms with Gasteiger partial charge in [0.05, 0.1) is 6.54 Å². The van der Waals surface area contributed by atoms with Crippen LogP contribution in [0.1, 0.15) is 53.4 Å². The molecule has 0 spiro atoms. The van der Waals surface area contributed by atoms with E-state index in [1.807, 2.05) is 6.92 Å². The van der Waals surface area contributed by atoms with Crippen LogP contribution in [0.25, 0.3) is 4.96 Å². The molecule has 1 aliphatic heterocycles. The Balaban J connectivity index is 1.43. The van der Waals surface area contributed by atoms with Crippen LogP contribution in [0.4, 0.5) is 0 Å². The Bertz CT molecular complexity index is 1040. The Hall–Kier alpha value is -2.05. The van der Waals surface area contributed by atoms with Crippen molar-refractivity contribution in [3.05, 3.63) is 62.5 Å². The summed E-state index contributed by atoms with van der Waals surface area (Å²) in [5.74, 6) is 0.620. The van der Waals surface area contributed by atoms with Gasteiger partial charge in [0.15, 0.2) is 0 Å². The van der Waals surface area contributed by atoms with Gasteiger partial charge in [-0.3, -0.25) is 9.69 Å². The van der Waals surface area contributed by atoms with Gasteiger partial charge in [-0.25, -0.2) is 4.98 Å². The van der Waals surface area contributed by atoms with Gasteiger partial charge in [0, 0.05) is 17.8 Å². The molecule has 2 aliphatic rings. The molecular weight excluding hydrogens is 356 g/mol. The molecule has 6 heteroatoms. The van der Waals surface area contributed by atoms with Crippen molar-refractivity contribution in [1.29, 1.82) is 0 Å². The van der Waals surface area contributed by atoms with Gasteiger partial charge in [-0.15, -0.1) is 0 Å². The van der Waals surface area contributed by atoms with E-state index in [2.05, 4.69) is 39.2 Å². The monoisotopic (exact) mass is 380 g/mol. The normalized spacial score (nSPS) is 23.0. The summed E-state index contributed by atoms with van der Waals surface area (Å²) in [6.45, 7) is 3.79. The Morgan fingerprint density at radius 2 is 2.11 bits per heavy atom. The average molecular weight is 381 g/mol. The maximum absolute atomic E-state index is 12.2. The molecule has 27 heavy (non-hydrogen) atoms. The molecule has 0 N–H and O–H groups in total. The number of fused-ring (bicyclic) bond motifs is 2. The zero-order valence-corrected chi connectivity index (χ0v) is 16.4. The highest BCUT2D eigenvalue weighted by Crippen LogP contribution is 2.40. The van der Waals surface area contributed by atoms with Crippen LogP contribution in [0.2, 0.25) is 0 Å². The van der Waals surface area contributed by atoms with Crippen molar-refractivity contribution in [3.8, 4) is 0 Å². The molecule has 1 fully saturated rings. The van der Waals surface area contributed by atoms with Crippen molar-refractivity contribution < 1.29 is 0 Å². The summed E-state index contributed by atoms with van der Waals surface area (Å²) in [6, 6.07) is 11.1. The van der Waals surface area contributed by atoms with Crippen LogP contribution in [0.3, 0.4) is 0 Å². The molecule has 1 aliphatic carbocycles. The van der Waals surface area contributed by atoms with E-state index in [4.69, 9.17) is 0 Å². The lowest BCUT2D eigenvalue weighted by atomic mass is 9.78. The van der Waals surface area contributed by atoms with Crippen molar-refractivity contribution >= 4 is 16.3 Å². The highest BCUT2D eigenvalue weighted by Gasteiger charge is 2.35. The maximum atomic E-state index is 12.2. The van der Waals surface area contributed by atoms with Gasteiger partial charge < -0.3 is 0 Å². The van der Waals surface area contributed by atoms with Crippen LogP contribution in [-0.4, -0.2) is 32.1 Å². The number of rotatable bonds is 3. The molecule has 5 nitrogen and oxygen atoms in total. The van der Waals surface area contributed by atoms with Crippen LogP contribution in [0, 0.1) is 6.92 Å². The fourth-order valence-electron chi connectivity index (χ4n) is 4.89. The third-order valence-electron chi connectivity index (χ3n) is 6.05. The third kappa shape index (κ3) is 3.11. The van der Waals surface area contributed by atoms with Crippen molar-refractivity contribution in [3.63, 3.8) is 0 Å². The first kappa shape index (κ1) is 17.1. The van der Waals surface area contributed by atoms with Crippen LogP contribution >= 0.6 is 11.3 Å². The SMILES string of the molecule is Cc1cc(=O)n2nc(CN3CCCC3C3CCCc4ccccc43)sc2n1. The summed E-state index contributed by atoms with van der Waals surface area (Å²) < 4.78 is 1.45. The molecule has 5 rings (SSSR count). The van der Waals surface area contributed by atoms with E-state index in [1.54, 1.807) is 23.0 Å². The smallest absolute Gasteiger partial charge is 0.275 e. The van der Waals surface area contributed by atoms with E-state index < -0.39 is 0 Å². The van der Waals surface area contributed by atoms with E-state index >= 15 is 0 Å². The first-order chi connectivity index (χ1) is 13.2. The van der Waals surface area contributed by atoms with E-state index in [9.17, 15) is 4.79 Å². The second-order valence-corrected chi connectivity index (χ2v) is 8.84. The lowest BCUT2D eigenvalue weighted by molar-refractivity contribution is 0.204. The van der Waals surface area contributed by atoms with E-state index in [0.717, 1.165) is 23.8 Å². The van der Waals surface area contributed by atoms with Gasteiger partial charge in [-0.05, 0) is 62.6 Å². The molecule has 0 amide bonds. The fourth-order valence-corrected chi connectivity index (χ4v) is 5.86. The second kappa shape index (κ2) is 6.84. The summed E-state index contributed by atoms with van der Waals surface area (Å²) in [5.41, 5.74) is 3.76. The molecule has 1 saturated heterocycles. The van der Waals surface area contributed by atoms with E-state index in [1.165, 1.54) is 42.2 Å². The fraction of sp³-hybridized carbons (Fsp3) is 0.476. The first-order valence-electron chi connectivity index (χ1n) is 9.87. The average Bonchev–Trinajstić information content (AvgIpc) is 3.28. The predicted molar refractivity (Wildman–Crippen MR) is 107 cm³/mol. The number of nitrogens with zero attached hydrogens (tertiary/aromatic N) is 4. The second-order valence-electron chi connectivity index (χ2n) is 7.80. The van der Waals surface area contributed by atoms with Gasteiger partial charge in [0.1, 0.15) is 5.01 Å². The number of aryl methyl sites for hydroxylation is 2. The van der Waals surface area contributed by atoms with Crippen LogP contribution in [-0.2, 0) is 13.0 Å². The molecule has 1 aromatic carbocycles. The molecule has 3 heterocycles. The van der Waals surface area contributed by atoms with Crippen molar-refractivity contribution in [2.75, 3.05) is 6.54 Å². The highest BCUT2D eigenvalue weighted by atomic mass is 32.1. The minimum absolute atomic E-state index is 0.0841. The molecule has 0 radical (unpaired) electrons. The van der Waals surface area contributed by atoms with Gasteiger partial charge in [0.25, 0.3) is 5.56 Å². The molecule has 0 saturated carbocycles. The number of benzene rings is 1. The Morgan fingerprint density at radius 3 is 3.04 bits per heavy atom. The predicted octanol–water partition coefficient (Wildman–Crippen LogP) is 3.54. The standard InChI is InChI=1S/C21H24N4OS/c1-14-12-20(26)25-21(22-14)27-19(23-25)13-24-11-5-10-18(24)17-9-4-7-15-6-2-3-8-16(15)17/h2-3,6,8,12,17-18H,4-5,7,9-11,13H2,1H3. The Morgan fingerprint density at radius 1 is 1.22 bits per heavy atom. The largest absolute Gasteiger partial charge is 0.293 e. The topological polar surface area (TPSA) is 50.5 Å². The van der Waals surface area contributed by atoms with Crippen molar-refractivity contribution in [1.82, 2.24) is 19.5 Å². The summed E-state index contributed by atoms with van der Waals surface area (Å²) in [6.07, 6.45) is 6.27. The Labute approximate surface area is 162 Å². The molecule has 3 aromatic rings. The quantitative estimate of drug-likeness (QED) is 0.697. The number of likely N-dealkylation sites (tertiary alicyclic amines) is 1. The molecule has 2 aromatic heterocycles. The summed E-state index contributed by atoms with van der Waals surface area (Å²) in [7, 11) is 0. The van der Waals surface area contributed by atoms with Crippen LogP contribution in [0.15, 0.2) is 35.1 Å². The molecular formula is C21H24N4OS.